The molecule has 3 heterocycles. The summed E-state index contributed by atoms with van der Waals surface area (Å²) >= 11 is 5.74. The third-order valence-corrected chi connectivity index (χ3v) is 6.06. The Morgan fingerprint density at radius 2 is 2.08 bits per heavy atom. The molecule has 0 aromatic carbocycles. The minimum atomic E-state index is 0.105. The van der Waals surface area contributed by atoms with E-state index in [1.165, 1.54) is 36.2 Å². The highest BCUT2D eigenvalue weighted by molar-refractivity contribution is 7.80. The number of nitrogens with zero attached hydrogens (tertiary/aromatic N) is 3. The van der Waals surface area contributed by atoms with E-state index in [9.17, 15) is 0 Å². The minimum Gasteiger partial charge on any atom is -0.352 e. The number of pyridine rings is 1. The lowest BCUT2D eigenvalue weighted by atomic mass is 9.96. The number of aromatic nitrogens is 2. The van der Waals surface area contributed by atoms with Gasteiger partial charge < -0.3 is 14.8 Å². The van der Waals surface area contributed by atoms with Crippen LogP contribution in [0.1, 0.15) is 73.4 Å². The SMILES string of the molecule is CCCCN1C(=S)N[C@H](c2ccccn2)[C@@H]1c1cc(C)n(C2CC2)c1C. The Balaban J connectivity index is 1.76. The predicted molar refractivity (Wildman–Crippen MR) is 109 cm³/mol. The van der Waals surface area contributed by atoms with Crippen LogP contribution in [0.3, 0.4) is 0 Å². The van der Waals surface area contributed by atoms with Gasteiger partial charge in [0.2, 0.25) is 0 Å². The zero-order chi connectivity index (χ0) is 18.3. The van der Waals surface area contributed by atoms with Gasteiger partial charge >= 0.3 is 0 Å². The van der Waals surface area contributed by atoms with Crippen LogP contribution in [0.4, 0.5) is 0 Å². The Kier molecular flexibility index (Phi) is 4.74. The van der Waals surface area contributed by atoms with Gasteiger partial charge in [0.25, 0.3) is 0 Å². The molecule has 2 aliphatic rings. The Labute approximate surface area is 161 Å². The first-order valence-corrected chi connectivity index (χ1v) is 10.2. The summed E-state index contributed by atoms with van der Waals surface area (Å²) < 4.78 is 2.53. The van der Waals surface area contributed by atoms with Gasteiger partial charge in [0, 0.05) is 30.2 Å². The average molecular weight is 369 g/mol. The summed E-state index contributed by atoms with van der Waals surface area (Å²) in [5.41, 5.74) is 5.22. The van der Waals surface area contributed by atoms with Gasteiger partial charge in [-0.25, -0.2) is 0 Å². The van der Waals surface area contributed by atoms with Crippen LogP contribution in [-0.2, 0) is 0 Å². The molecule has 2 aromatic heterocycles. The van der Waals surface area contributed by atoms with Crippen molar-refractivity contribution in [2.24, 2.45) is 0 Å². The van der Waals surface area contributed by atoms with E-state index in [2.05, 4.69) is 58.7 Å². The number of unbranched alkanes of at least 4 members (excludes halogenated alkanes) is 1. The second-order valence-electron chi connectivity index (χ2n) is 7.60. The number of hydrogen-bond acceptors (Lipinski definition) is 2. The highest BCUT2D eigenvalue weighted by Crippen LogP contribution is 2.44. The molecule has 0 bridgehead atoms. The van der Waals surface area contributed by atoms with Gasteiger partial charge in [-0.05, 0) is 69.1 Å². The molecule has 138 valence electrons. The molecule has 2 fully saturated rings. The molecule has 1 saturated carbocycles. The van der Waals surface area contributed by atoms with Gasteiger partial charge in [-0.1, -0.05) is 19.4 Å². The summed E-state index contributed by atoms with van der Waals surface area (Å²) in [6.45, 7) is 7.73. The quantitative estimate of drug-likeness (QED) is 0.755. The number of hydrogen-bond donors (Lipinski definition) is 1. The molecule has 0 unspecified atom stereocenters. The first-order chi connectivity index (χ1) is 12.6. The molecule has 0 spiro atoms. The molecule has 2 atom stereocenters. The fraction of sp³-hybridized carbons (Fsp3) is 0.524. The first kappa shape index (κ1) is 17.5. The van der Waals surface area contributed by atoms with Gasteiger partial charge in [0.15, 0.2) is 5.11 Å². The van der Waals surface area contributed by atoms with Crippen molar-refractivity contribution in [2.45, 2.75) is 64.6 Å². The van der Waals surface area contributed by atoms with E-state index in [-0.39, 0.29) is 12.1 Å². The van der Waals surface area contributed by atoms with E-state index in [1.807, 2.05) is 12.3 Å². The summed E-state index contributed by atoms with van der Waals surface area (Å²) in [4.78, 5) is 7.02. The third kappa shape index (κ3) is 3.02. The van der Waals surface area contributed by atoms with Crippen LogP contribution in [-0.4, -0.2) is 26.1 Å². The summed E-state index contributed by atoms with van der Waals surface area (Å²) in [5.74, 6) is 0. The van der Waals surface area contributed by atoms with Crippen molar-refractivity contribution >= 4 is 17.3 Å². The van der Waals surface area contributed by atoms with Gasteiger partial charge in [-0.15, -0.1) is 0 Å². The molecule has 0 radical (unpaired) electrons. The molecular formula is C21H28N4S. The standard InChI is InChI=1S/C21H28N4S/c1-4-5-12-24-20(17-13-14(2)25(15(17)3)16-9-10-16)19(23-21(24)26)18-8-6-7-11-22-18/h6-8,11,13,16,19-20H,4-5,9-10,12H2,1-3H3,(H,23,26)/t19-,20+/m1/s1. The van der Waals surface area contributed by atoms with Gasteiger partial charge in [-0.3, -0.25) is 4.98 Å². The lowest BCUT2D eigenvalue weighted by Crippen LogP contribution is -2.30. The fourth-order valence-corrected chi connectivity index (χ4v) is 4.64. The Bertz CT molecular complexity index is 794. The van der Waals surface area contributed by atoms with E-state index in [1.54, 1.807) is 0 Å². The molecule has 4 nitrogen and oxygen atoms in total. The highest BCUT2D eigenvalue weighted by Gasteiger charge is 2.41. The maximum Gasteiger partial charge on any atom is 0.170 e. The van der Waals surface area contributed by atoms with Crippen LogP contribution in [0.25, 0.3) is 0 Å². The second kappa shape index (κ2) is 7.03. The van der Waals surface area contributed by atoms with E-state index < -0.39 is 0 Å². The number of rotatable bonds is 6. The molecule has 26 heavy (non-hydrogen) atoms. The van der Waals surface area contributed by atoms with E-state index in [0.29, 0.717) is 6.04 Å². The van der Waals surface area contributed by atoms with Gasteiger partial charge in [0.1, 0.15) is 0 Å². The van der Waals surface area contributed by atoms with Crippen LogP contribution in [0, 0.1) is 13.8 Å². The lowest BCUT2D eigenvalue weighted by Gasteiger charge is -2.28. The topological polar surface area (TPSA) is 33.1 Å². The maximum absolute atomic E-state index is 5.74. The summed E-state index contributed by atoms with van der Waals surface area (Å²) in [5, 5.41) is 4.42. The van der Waals surface area contributed by atoms with Gasteiger partial charge in [-0.2, -0.15) is 0 Å². The van der Waals surface area contributed by atoms with Crippen molar-refractivity contribution in [2.75, 3.05) is 6.54 Å². The smallest absolute Gasteiger partial charge is 0.170 e. The second-order valence-corrected chi connectivity index (χ2v) is 7.99. The maximum atomic E-state index is 5.74. The largest absolute Gasteiger partial charge is 0.352 e. The molecule has 1 saturated heterocycles. The molecule has 2 aromatic rings. The van der Waals surface area contributed by atoms with E-state index in [4.69, 9.17) is 12.2 Å². The normalized spacial score (nSPS) is 22.7. The average Bonchev–Trinajstić information content (AvgIpc) is 3.36. The van der Waals surface area contributed by atoms with E-state index >= 15 is 0 Å². The molecular weight excluding hydrogens is 340 g/mol. The predicted octanol–water partition coefficient (Wildman–Crippen LogP) is 4.61. The molecule has 1 aliphatic heterocycles. The number of nitrogens with one attached hydrogen (secondary N) is 1. The molecule has 0 amide bonds. The van der Waals surface area contributed by atoms with Crippen molar-refractivity contribution in [3.05, 3.63) is 53.1 Å². The minimum absolute atomic E-state index is 0.105. The Morgan fingerprint density at radius 3 is 2.73 bits per heavy atom. The molecule has 4 rings (SSSR count). The van der Waals surface area contributed by atoms with Crippen molar-refractivity contribution in [1.29, 1.82) is 0 Å². The van der Waals surface area contributed by atoms with Crippen LogP contribution in [0.15, 0.2) is 30.5 Å². The molecule has 5 heteroatoms. The molecule has 1 aliphatic carbocycles. The van der Waals surface area contributed by atoms with Crippen LogP contribution >= 0.6 is 12.2 Å². The summed E-state index contributed by atoms with van der Waals surface area (Å²) in [7, 11) is 0. The van der Waals surface area contributed by atoms with Crippen LogP contribution in [0.2, 0.25) is 0 Å². The highest BCUT2D eigenvalue weighted by atomic mass is 32.1. The number of aryl methyl sites for hydroxylation is 1. The lowest BCUT2D eigenvalue weighted by molar-refractivity contribution is 0.311. The summed E-state index contributed by atoms with van der Waals surface area (Å²) in [6.07, 6.45) is 6.80. The zero-order valence-corrected chi connectivity index (χ0v) is 16.7. The Morgan fingerprint density at radius 1 is 1.27 bits per heavy atom. The molecule has 1 N–H and O–H groups in total. The van der Waals surface area contributed by atoms with Crippen molar-refractivity contribution in [1.82, 2.24) is 19.8 Å². The zero-order valence-electron chi connectivity index (χ0n) is 15.9. The first-order valence-electron chi connectivity index (χ1n) is 9.78. The van der Waals surface area contributed by atoms with Crippen molar-refractivity contribution in [3.8, 4) is 0 Å². The fourth-order valence-electron chi connectivity index (χ4n) is 4.31. The third-order valence-electron chi connectivity index (χ3n) is 5.70. The van der Waals surface area contributed by atoms with Crippen LogP contribution in [0.5, 0.6) is 0 Å². The monoisotopic (exact) mass is 368 g/mol. The van der Waals surface area contributed by atoms with Crippen molar-refractivity contribution in [3.63, 3.8) is 0 Å². The summed E-state index contributed by atoms with van der Waals surface area (Å²) in [6, 6.07) is 9.53. The number of thiocarbonyl (C=S) groups is 1. The van der Waals surface area contributed by atoms with Crippen LogP contribution < -0.4 is 5.32 Å². The van der Waals surface area contributed by atoms with E-state index in [0.717, 1.165) is 23.8 Å². The van der Waals surface area contributed by atoms with Crippen molar-refractivity contribution < 1.29 is 0 Å². The Hall–Kier alpha value is -1.88. The van der Waals surface area contributed by atoms with Gasteiger partial charge in [0.05, 0.1) is 17.8 Å².